The third kappa shape index (κ3) is 4.18. The number of likely N-dealkylation sites (tertiary alicyclic amines) is 1. The second-order valence-electron chi connectivity index (χ2n) is 9.25. The highest BCUT2D eigenvalue weighted by Crippen LogP contribution is 2.34. The van der Waals surface area contributed by atoms with E-state index >= 15 is 0 Å². The molecule has 0 bridgehead atoms. The van der Waals surface area contributed by atoms with Gasteiger partial charge in [-0.2, -0.15) is 0 Å². The molecule has 6 heteroatoms. The van der Waals surface area contributed by atoms with Crippen LogP contribution in [0.5, 0.6) is 0 Å². The molecule has 0 radical (unpaired) electrons. The average molecular weight is 421 g/mol. The number of fused-ring (bicyclic) bond motifs is 1. The molecule has 1 amide bonds. The Hall–Kier alpha value is -2.47. The highest BCUT2D eigenvalue weighted by molar-refractivity contribution is 5.79. The Bertz CT molecular complexity index is 925. The molecule has 6 nitrogen and oxygen atoms in total. The molecule has 3 aliphatic rings. The first kappa shape index (κ1) is 20.4. The molecule has 2 saturated heterocycles. The molecule has 1 aliphatic carbocycles. The van der Waals surface area contributed by atoms with Crippen LogP contribution in [0.3, 0.4) is 0 Å². The zero-order valence-corrected chi connectivity index (χ0v) is 18.2. The number of benzene rings is 1. The fourth-order valence-corrected chi connectivity index (χ4v) is 5.40. The summed E-state index contributed by atoms with van der Waals surface area (Å²) in [6.45, 7) is 3.48. The minimum atomic E-state index is 0.0946. The van der Waals surface area contributed by atoms with Crippen molar-refractivity contribution >= 4 is 11.7 Å². The number of anilines is 1. The van der Waals surface area contributed by atoms with Crippen molar-refractivity contribution in [2.45, 2.75) is 44.9 Å². The highest BCUT2D eigenvalue weighted by atomic mass is 16.3. The molecular weight excluding hydrogens is 388 g/mol. The Morgan fingerprint density at radius 1 is 1.00 bits per heavy atom. The summed E-state index contributed by atoms with van der Waals surface area (Å²) in [5.41, 5.74) is 3.57. The molecule has 2 fully saturated rings. The summed E-state index contributed by atoms with van der Waals surface area (Å²) < 4.78 is 0. The van der Waals surface area contributed by atoms with Gasteiger partial charge in [0.25, 0.3) is 0 Å². The number of aliphatic hydroxyl groups excluding tert-OH is 1. The van der Waals surface area contributed by atoms with Crippen LogP contribution in [-0.4, -0.2) is 58.7 Å². The number of nitrogens with zero attached hydrogens (tertiary/aromatic N) is 4. The molecule has 31 heavy (non-hydrogen) atoms. The van der Waals surface area contributed by atoms with Gasteiger partial charge in [-0.05, 0) is 50.9 Å². The van der Waals surface area contributed by atoms with Gasteiger partial charge in [0.15, 0.2) is 5.82 Å². The lowest BCUT2D eigenvalue weighted by Gasteiger charge is -2.38. The SMILES string of the molecule is O=C(C1CCN(c2nc(-c3ccccc3)nc3c2CCC3)CC1)N1CCCC(CO)C1. The highest BCUT2D eigenvalue weighted by Gasteiger charge is 2.33. The van der Waals surface area contributed by atoms with Gasteiger partial charge in [0, 0.05) is 55.5 Å². The Kier molecular flexibility index (Phi) is 5.90. The van der Waals surface area contributed by atoms with Crippen molar-refractivity contribution in [3.8, 4) is 11.4 Å². The summed E-state index contributed by atoms with van der Waals surface area (Å²) in [6, 6.07) is 10.2. The van der Waals surface area contributed by atoms with Crippen LogP contribution in [0.2, 0.25) is 0 Å². The van der Waals surface area contributed by atoms with Crippen molar-refractivity contribution in [3.05, 3.63) is 41.6 Å². The fraction of sp³-hybridized carbons (Fsp3) is 0.560. The van der Waals surface area contributed by atoms with E-state index in [0.717, 1.165) is 88.3 Å². The van der Waals surface area contributed by atoms with E-state index in [1.54, 1.807) is 0 Å². The van der Waals surface area contributed by atoms with Crippen molar-refractivity contribution in [2.75, 3.05) is 37.7 Å². The average Bonchev–Trinajstić information content (AvgIpc) is 3.32. The van der Waals surface area contributed by atoms with Crippen molar-refractivity contribution in [1.82, 2.24) is 14.9 Å². The molecule has 5 rings (SSSR count). The van der Waals surface area contributed by atoms with Crippen LogP contribution in [0.4, 0.5) is 5.82 Å². The number of hydrogen-bond acceptors (Lipinski definition) is 5. The predicted octanol–water partition coefficient (Wildman–Crippen LogP) is 3.08. The minimum Gasteiger partial charge on any atom is -0.396 e. The van der Waals surface area contributed by atoms with Crippen molar-refractivity contribution in [2.24, 2.45) is 11.8 Å². The monoisotopic (exact) mass is 420 g/mol. The summed E-state index contributed by atoms with van der Waals surface area (Å²) in [4.78, 5) is 27.4. The van der Waals surface area contributed by atoms with Gasteiger partial charge >= 0.3 is 0 Å². The molecule has 1 N–H and O–H groups in total. The number of aromatic nitrogens is 2. The molecule has 0 spiro atoms. The van der Waals surface area contributed by atoms with E-state index in [2.05, 4.69) is 17.0 Å². The first-order valence-corrected chi connectivity index (χ1v) is 11.8. The third-order valence-corrected chi connectivity index (χ3v) is 7.18. The summed E-state index contributed by atoms with van der Waals surface area (Å²) in [5.74, 6) is 2.54. The topological polar surface area (TPSA) is 69.6 Å². The summed E-state index contributed by atoms with van der Waals surface area (Å²) in [6.07, 6.45) is 7.00. The first-order chi connectivity index (χ1) is 15.2. The number of aliphatic hydroxyl groups is 1. The molecule has 2 aliphatic heterocycles. The zero-order chi connectivity index (χ0) is 21.2. The van der Waals surface area contributed by atoms with Gasteiger partial charge in [0.2, 0.25) is 5.91 Å². The lowest BCUT2D eigenvalue weighted by Crippen LogP contribution is -2.47. The largest absolute Gasteiger partial charge is 0.396 e. The number of aryl methyl sites for hydroxylation is 1. The zero-order valence-electron chi connectivity index (χ0n) is 18.2. The maximum absolute atomic E-state index is 13.1. The molecule has 0 saturated carbocycles. The number of piperidine rings is 2. The number of carbonyl (C=O) groups is 1. The molecule has 2 aromatic rings. The van der Waals surface area contributed by atoms with E-state index in [1.165, 1.54) is 11.3 Å². The van der Waals surface area contributed by atoms with Crippen LogP contribution < -0.4 is 4.90 Å². The Balaban J connectivity index is 1.31. The van der Waals surface area contributed by atoms with Crippen LogP contribution in [-0.2, 0) is 17.6 Å². The molecule has 1 aromatic carbocycles. The Morgan fingerprint density at radius 3 is 2.58 bits per heavy atom. The van der Waals surface area contributed by atoms with Gasteiger partial charge in [0.1, 0.15) is 5.82 Å². The molecule has 3 heterocycles. The Labute approximate surface area is 184 Å². The second-order valence-corrected chi connectivity index (χ2v) is 9.25. The predicted molar refractivity (Wildman–Crippen MR) is 121 cm³/mol. The van der Waals surface area contributed by atoms with E-state index in [4.69, 9.17) is 9.97 Å². The lowest BCUT2D eigenvalue weighted by molar-refractivity contribution is -0.138. The van der Waals surface area contributed by atoms with Gasteiger partial charge < -0.3 is 14.9 Å². The van der Waals surface area contributed by atoms with E-state index in [0.29, 0.717) is 0 Å². The first-order valence-electron chi connectivity index (χ1n) is 11.8. The third-order valence-electron chi connectivity index (χ3n) is 7.18. The maximum Gasteiger partial charge on any atom is 0.225 e. The standard InChI is InChI=1S/C25H32N4O2/c30-17-18-6-5-13-29(16-18)25(31)20-11-14-28(15-12-20)24-21-9-4-10-22(21)26-23(27-24)19-7-2-1-3-8-19/h1-3,7-8,18,20,30H,4-6,9-17H2. The van der Waals surface area contributed by atoms with Gasteiger partial charge in [-0.3, -0.25) is 4.79 Å². The normalized spacial score (nSPS) is 21.9. The molecular formula is C25H32N4O2. The van der Waals surface area contributed by atoms with Crippen LogP contribution in [0, 0.1) is 11.8 Å². The van der Waals surface area contributed by atoms with Gasteiger partial charge in [-0.15, -0.1) is 0 Å². The molecule has 1 atom stereocenters. The van der Waals surface area contributed by atoms with Crippen molar-refractivity contribution in [3.63, 3.8) is 0 Å². The number of amides is 1. The quantitative estimate of drug-likeness (QED) is 0.823. The molecule has 1 unspecified atom stereocenters. The summed E-state index contributed by atoms with van der Waals surface area (Å²) >= 11 is 0. The van der Waals surface area contributed by atoms with E-state index < -0.39 is 0 Å². The van der Waals surface area contributed by atoms with Crippen LogP contribution in [0.1, 0.15) is 43.4 Å². The van der Waals surface area contributed by atoms with Gasteiger partial charge in [0.05, 0.1) is 0 Å². The van der Waals surface area contributed by atoms with E-state index in [-0.39, 0.29) is 24.3 Å². The van der Waals surface area contributed by atoms with Crippen LogP contribution >= 0.6 is 0 Å². The Morgan fingerprint density at radius 2 is 1.81 bits per heavy atom. The molecule has 164 valence electrons. The summed E-state index contributed by atoms with van der Waals surface area (Å²) in [5, 5.41) is 9.49. The maximum atomic E-state index is 13.1. The van der Waals surface area contributed by atoms with Crippen molar-refractivity contribution in [1.29, 1.82) is 0 Å². The van der Waals surface area contributed by atoms with Gasteiger partial charge in [-0.1, -0.05) is 30.3 Å². The minimum absolute atomic E-state index is 0.0946. The van der Waals surface area contributed by atoms with E-state index in [1.807, 2.05) is 23.1 Å². The number of carbonyl (C=O) groups excluding carboxylic acids is 1. The van der Waals surface area contributed by atoms with Crippen LogP contribution in [0.25, 0.3) is 11.4 Å². The smallest absolute Gasteiger partial charge is 0.225 e. The lowest BCUT2D eigenvalue weighted by atomic mass is 9.92. The second kappa shape index (κ2) is 8.95. The number of rotatable bonds is 4. The fourth-order valence-electron chi connectivity index (χ4n) is 5.40. The van der Waals surface area contributed by atoms with Gasteiger partial charge in [-0.25, -0.2) is 9.97 Å². The van der Waals surface area contributed by atoms with Crippen molar-refractivity contribution < 1.29 is 9.90 Å². The number of hydrogen-bond donors (Lipinski definition) is 1. The molecule has 1 aromatic heterocycles. The van der Waals surface area contributed by atoms with Crippen LogP contribution in [0.15, 0.2) is 30.3 Å². The van der Waals surface area contributed by atoms with E-state index in [9.17, 15) is 9.90 Å². The summed E-state index contributed by atoms with van der Waals surface area (Å²) in [7, 11) is 0.